The van der Waals surface area contributed by atoms with Crippen molar-refractivity contribution >= 4 is 34.5 Å². The number of rotatable bonds is 30. The summed E-state index contributed by atoms with van der Waals surface area (Å²) in [6, 6.07) is 0. The van der Waals surface area contributed by atoms with Gasteiger partial charge in [0, 0.05) is 26.1 Å². The second-order valence-corrected chi connectivity index (χ2v) is 13.2. The zero-order valence-electron chi connectivity index (χ0n) is 26.4. The van der Waals surface area contributed by atoms with Crippen LogP contribution in [0.3, 0.4) is 0 Å². The highest BCUT2D eigenvalue weighted by Gasteiger charge is 2.14. The zero-order chi connectivity index (χ0) is 29.1. The summed E-state index contributed by atoms with van der Waals surface area (Å²) in [4.78, 5) is 0. The summed E-state index contributed by atoms with van der Waals surface area (Å²) >= 11 is 10.0. The van der Waals surface area contributed by atoms with E-state index in [9.17, 15) is 10.2 Å². The molecule has 0 aromatic rings. The molecule has 0 heterocycles. The topological polar surface area (TPSA) is 49.7 Å². The van der Waals surface area contributed by atoms with Crippen LogP contribution in [0.4, 0.5) is 0 Å². The quantitative estimate of drug-likeness (QED) is 0.0647. The second-order valence-electron chi connectivity index (χ2n) is 12.2. The highest BCUT2D eigenvalue weighted by atomic mass is 32.1. The molecule has 2 N–H and O–H groups in total. The molecular formula is C34H66O3S2. The summed E-state index contributed by atoms with van der Waals surface area (Å²) in [5.41, 5.74) is 0. The van der Waals surface area contributed by atoms with Gasteiger partial charge in [0.05, 0.1) is 0 Å². The van der Waals surface area contributed by atoms with E-state index in [4.69, 9.17) is 29.2 Å². The number of thiocarbonyl (C=S) groups is 2. The van der Waals surface area contributed by atoms with Crippen molar-refractivity contribution in [2.45, 2.75) is 169 Å². The molecule has 0 spiro atoms. The van der Waals surface area contributed by atoms with Gasteiger partial charge in [-0.3, -0.25) is 0 Å². The van der Waals surface area contributed by atoms with Gasteiger partial charge in [0.2, 0.25) is 0 Å². The van der Waals surface area contributed by atoms with Crippen molar-refractivity contribution in [2.24, 2.45) is 23.7 Å². The maximum atomic E-state index is 9.73. The predicted molar refractivity (Wildman–Crippen MR) is 180 cm³/mol. The summed E-state index contributed by atoms with van der Waals surface area (Å²) in [6.45, 7) is 10.7. The van der Waals surface area contributed by atoms with Crippen LogP contribution in [-0.4, -0.2) is 33.5 Å². The highest BCUT2D eigenvalue weighted by Crippen LogP contribution is 2.25. The van der Waals surface area contributed by atoms with E-state index in [1.165, 1.54) is 103 Å². The Hall–Kier alpha value is -0.260. The van der Waals surface area contributed by atoms with E-state index >= 15 is 0 Å². The van der Waals surface area contributed by atoms with Crippen molar-refractivity contribution in [3.63, 3.8) is 0 Å². The first-order valence-electron chi connectivity index (χ1n) is 16.9. The predicted octanol–water partition coefficient (Wildman–Crippen LogP) is 11.9. The van der Waals surface area contributed by atoms with Crippen LogP contribution in [0, 0.1) is 23.7 Å². The molecule has 4 unspecified atom stereocenters. The summed E-state index contributed by atoms with van der Waals surface area (Å²) in [7, 11) is 0. The Morgan fingerprint density at radius 2 is 0.821 bits per heavy atom. The average molecular weight is 587 g/mol. The van der Waals surface area contributed by atoms with Crippen molar-refractivity contribution in [1.82, 2.24) is 0 Å². The minimum atomic E-state index is 0.137. The van der Waals surface area contributed by atoms with E-state index in [1.54, 1.807) is 0 Å². The standard InChI is InChI=1S/C34H66O3S2/c1-5-9-17-29(7-3)19-13-11-15-21-31(27-33(35)38)23-25-37-26-24-32(28-34(36)39)22-16-12-14-20-30(8-4)18-10-6-2/h29-32H,5-28H2,1-4H3,(H,35,38)(H,36,39). The Morgan fingerprint density at radius 1 is 0.487 bits per heavy atom. The third-order valence-electron chi connectivity index (χ3n) is 8.80. The summed E-state index contributed by atoms with van der Waals surface area (Å²) < 4.78 is 6.03. The summed E-state index contributed by atoms with van der Waals surface area (Å²) in [6.07, 6.45) is 26.4. The van der Waals surface area contributed by atoms with Crippen LogP contribution < -0.4 is 0 Å². The largest absolute Gasteiger partial charge is 0.502 e. The van der Waals surface area contributed by atoms with Crippen LogP contribution >= 0.6 is 24.4 Å². The molecule has 0 bridgehead atoms. The third-order valence-corrected chi connectivity index (χ3v) is 9.14. The first kappa shape index (κ1) is 38.7. The van der Waals surface area contributed by atoms with Crippen molar-refractivity contribution in [1.29, 1.82) is 0 Å². The van der Waals surface area contributed by atoms with Crippen molar-refractivity contribution < 1.29 is 14.9 Å². The van der Waals surface area contributed by atoms with E-state index in [1.807, 2.05) is 0 Å². The molecule has 0 aliphatic rings. The molecule has 4 atom stereocenters. The van der Waals surface area contributed by atoms with Crippen LogP contribution in [0.25, 0.3) is 0 Å². The van der Waals surface area contributed by atoms with Gasteiger partial charge < -0.3 is 14.9 Å². The summed E-state index contributed by atoms with van der Waals surface area (Å²) in [5.74, 6) is 2.61. The summed E-state index contributed by atoms with van der Waals surface area (Å²) in [5, 5.41) is 19.7. The van der Waals surface area contributed by atoms with E-state index in [2.05, 4.69) is 27.7 Å². The van der Waals surface area contributed by atoms with E-state index in [0.29, 0.717) is 37.9 Å². The minimum absolute atomic E-state index is 0.137. The molecule has 5 heteroatoms. The third kappa shape index (κ3) is 25.2. The number of hydrogen-bond acceptors (Lipinski definition) is 3. The molecule has 0 fully saturated rings. The van der Waals surface area contributed by atoms with Crippen LogP contribution in [0.1, 0.15) is 169 Å². The van der Waals surface area contributed by atoms with Gasteiger partial charge >= 0.3 is 0 Å². The van der Waals surface area contributed by atoms with Crippen molar-refractivity contribution in [3.8, 4) is 0 Å². The number of aliphatic hydroxyl groups is 2. The lowest BCUT2D eigenvalue weighted by Gasteiger charge is -2.19. The fraction of sp³-hybridized carbons (Fsp3) is 0.941. The molecule has 232 valence electrons. The van der Waals surface area contributed by atoms with E-state index in [-0.39, 0.29) is 10.1 Å². The van der Waals surface area contributed by atoms with Crippen molar-refractivity contribution in [2.75, 3.05) is 13.2 Å². The van der Waals surface area contributed by atoms with Crippen LogP contribution in [0.5, 0.6) is 0 Å². The first-order chi connectivity index (χ1) is 18.9. The number of ether oxygens (including phenoxy) is 1. The fourth-order valence-electron chi connectivity index (χ4n) is 5.97. The Bertz CT molecular complexity index is 521. The average Bonchev–Trinajstić information content (AvgIpc) is 2.90. The van der Waals surface area contributed by atoms with Crippen LogP contribution in [0.15, 0.2) is 0 Å². The van der Waals surface area contributed by atoms with Crippen LogP contribution in [-0.2, 0) is 4.74 Å². The number of unbranched alkanes of at least 4 members (excludes halogenated alkanes) is 6. The molecule has 0 saturated carbocycles. The Kier molecular flexibility index (Phi) is 27.7. The van der Waals surface area contributed by atoms with Crippen LogP contribution in [0.2, 0.25) is 0 Å². The molecule has 0 rings (SSSR count). The molecule has 0 aromatic carbocycles. The fourth-order valence-corrected chi connectivity index (χ4v) is 6.44. The molecule has 0 saturated heterocycles. The zero-order valence-corrected chi connectivity index (χ0v) is 28.0. The first-order valence-corrected chi connectivity index (χ1v) is 17.7. The number of hydrogen-bond donors (Lipinski definition) is 2. The van der Waals surface area contributed by atoms with Gasteiger partial charge in [-0.2, -0.15) is 0 Å². The minimum Gasteiger partial charge on any atom is -0.502 e. The second kappa shape index (κ2) is 27.9. The van der Waals surface area contributed by atoms with Gasteiger partial charge in [-0.25, -0.2) is 0 Å². The smallest absolute Gasteiger partial charge is 0.156 e. The SMILES string of the molecule is CCCCC(CC)CCCCCC(CCOCCC(CCCCCC(CC)CCCC)CC(O)=S)CC(O)=S. The Morgan fingerprint density at radius 3 is 1.13 bits per heavy atom. The molecular weight excluding hydrogens is 521 g/mol. The lowest BCUT2D eigenvalue weighted by molar-refractivity contribution is 0.105. The maximum absolute atomic E-state index is 9.73. The highest BCUT2D eigenvalue weighted by molar-refractivity contribution is 7.80. The molecule has 0 aliphatic carbocycles. The molecule has 0 amide bonds. The lowest BCUT2D eigenvalue weighted by atomic mass is 9.91. The normalized spacial score (nSPS) is 14.7. The molecule has 0 radical (unpaired) electrons. The van der Waals surface area contributed by atoms with Gasteiger partial charge in [-0.1, -0.05) is 130 Å². The molecule has 3 nitrogen and oxygen atoms in total. The van der Waals surface area contributed by atoms with Gasteiger partial charge in [0.1, 0.15) is 0 Å². The van der Waals surface area contributed by atoms with E-state index in [0.717, 1.165) is 37.5 Å². The maximum Gasteiger partial charge on any atom is 0.156 e. The monoisotopic (exact) mass is 586 g/mol. The van der Waals surface area contributed by atoms with E-state index < -0.39 is 0 Å². The van der Waals surface area contributed by atoms with Gasteiger partial charge in [-0.05, 0) is 73.8 Å². The Balaban J connectivity index is 4.21. The van der Waals surface area contributed by atoms with Gasteiger partial charge in [0.25, 0.3) is 0 Å². The van der Waals surface area contributed by atoms with Gasteiger partial charge in [-0.15, -0.1) is 0 Å². The molecule has 0 aliphatic heterocycles. The molecule has 0 aromatic heterocycles. The molecule has 39 heavy (non-hydrogen) atoms. The Labute approximate surface area is 254 Å². The van der Waals surface area contributed by atoms with Crippen molar-refractivity contribution in [3.05, 3.63) is 0 Å². The number of aliphatic hydroxyl groups excluding tert-OH is 2. The van der Waals surface area contributed by atoms with Gasteiger partial charge in [0.15, 0.2) is 10.1 Å². The lowest BCUT2D eigenvalue weighted by Crippen LogP contribution is -2.13.